The van der Waals surface area contributed by atoms with Gasteiger partial charge in [0.2, 0.25) is 0 Å². The molecular formula is C26H22O2. The van der Waals surface area contributed by atoms with E-state index in [1.807, 2.05) is 24.3 Å². The predicted molar refractivity (Wildman–Crippen MR) is 113 cm³/mol. The van der Waals surface area contributed by atoms with E-state index in [1.54, 1.807) is 7.11 Å². The molecular weight excluding hydrogens is 344 g/mol. The zero-order valence-corrected chi connectivity index (χ0v) is 15.9. The Bertz CT molecular complexity index is 1190. The third kappa shape index (κ3) is 2.77. The van der Waals surface area contributed by atoms with Crippen LogP contribution >= 0.6 is 0 Å². The van der Waals surface area contributed by atoms with Crippen LogP contribution in [-0.4, -0.2) is 12.9 Å². The summed E-state index contributed by atoms with van der Waals surface area (Å²) in [5, 5.41) is 2.55. The standard InChI is InChI=1S/C26H22O2/c1-28-21-12-8-19(9-13-21)26(27)20-7-6-18-11-14-23-22-5-3-2-4-17(22)10-15-24(23)25(18)16-20/h2-5,8-9,11-16,20H,6-7,10H2,1H3. The highest BCUT2D eigenvalue weighted by molar-refractivity contribution is 6.01. The average molecular weight is 366 g/mol. The van der Waals surface area contributed by atoms with Crippen molar-refractivity contribution in [2.24, 2.45) is 5.92 Å². The lowest BCUT2D eigenvalue weighted by Gasteiger charge is -2.21. The van der Waals surface area contributed by atoms with E-state index < -0.39 is 0 Å². The van der Waals surface area contributed by atoms with Gasteiger partial charge in [-0.2, -0.15) is 0 Å². The first-order valence-electron chi connectivity index (χ1n) is 9.85. The minimum Gasteiger partial charge on any atom is -0.497 e. The number of methoxy groups -OCH3 is 1. The van der Waals surface area contributed by atoms with Gasteiger partial charge in [-0.3, -0.25) is 4.79 Å². The molecule has 0 aromatic heterocycles. The number of benzene rings is 3. The van der Waals surface area contributed by atoms with E-state index in [1.165, 1.54) is 32.7 Å². The van der Waals surface area contributed by atoms with Crippen molar-refractivity contribution < 1.29 is 9.53 Å². The molecule has 3 aromatic rings. The summed E-state index contributed by atoms with van der Waals surface area (Å²) in [6.45, 7) is 0. The van der Waals surface area contributed by atoms with Gasteiger partial charge >= 0.3 is 0 Å². The maximum absolute atomic E-state index is 13.1. The number of hydrogen-bond donors (Lipinski definition) is 0. The third-order valence-electron chi connectivity index (χ3n) is 6.01. The van der Waals surface area contributed by atoms with Gasteiger partial charge in [-0.15, -0.1) is 0 Å². The Kier molecular flexibility index (Phi) is 4.12. The number of fused-ring (bicyclic) bond motifs is 5. The Balaban J connectivity index is 1.59. The number of carbonyl (C=O) groups is 1. The molecule has 0 fully saturated rings. The smallest absolute Gasteiger partial charge is 0.169 e. The number of carbonyl (C=O) groups excluding carboxylic acids is 1. The summed E-state index contributed by atoms with van der Waals surface area (Å²) in [6.07, 6.45) is 7.29. The summed E-state index contributed by atoms with van der Waals surface area (Å²) in [5.41, 5.74) is 6.09. The number of ether oxygens (including phenoxy) is 1. The fourth-order valence-electron chi connectivity index (χ4n) is 4.50. The lowest BCUT2D eigenvalue weighted by molar-refractivity contribution is 0.0946. The molecule has 0 radical (unpaired) electrons. The van der Waals surface area contributed by atoms with E-state index in [0.29, 0.717) is 0 Å². The molecule has 0 bridgehead atoms. The largest absolute Gasteiger partial charge is 0.497 e. The minimum atomic E-state index is -0.0713. The van der Waals surface area contributed by atoms with E-state index in [-0.39, 0.29) is 11.7 Å². The molecule has 0 heterocycles. The Morgan fingerprint density at radius 2 is 1.71 bits per heavy atom. The van der Waals surface area contributed by atoms with Crippen molar-refractivity contribution in [3.05, 3.63) is 87.8 Å². The van der Waals surface area contributed by atoms with Crippen molar-refractivity contribution in [2.45, 2.75) is 19.3 Å². The molecule has 2 aliphatic rings. The molecule has 138 valence electrons. The molecule has 0 spiro atoms. The maximum Gasteiger partial charge on any atom is 0.169 e. The third-order valence-corrected chi connectivity index (χ3v) is 6.01. The molecule has 2 nitrogen and oxygen atoms in total. The van der Waals surface area contributed by atoms with Crippen LogP contribution in [0.2, 0.25) is 0 Å². The minimum absolute atomic E-state index is 0.0713. The highest BCUT2D eigenvalue weighted by Gasteiger charge is 2.23. The van der Waals surface area contributed by atoms with Gasteiger partial charge in [-0.25, -0.2) is 0 Å². The number of hydrogen-bond acceptors (Lipinski definition) is 2. The molecule has 1 unspecified atom stereocenters. The molecule has 0 saturated heterocycles. The van der Waals surface area contributed by atoms with Crippen LogP contribution in [0, 0.1) is 5.92 Å². The van der Waals surface area contributed by atoms with Gasteiger partial charge in [0.25, 0.3) is 0 Å². The SMILES string of the molecule is COc1ccc(C(=O)C2C=c3c(ccc4c3=CCc3ccccc3-4)CC2)cc1. The van der Waals surface area contributed by atoms with E-state index in [2.05, 4.69) is 48.6 Å². The summed E-state index contributed by atoms with van der Waals surface area (Å²) in [4.78, 5) is 13.1. The van der Waals surface area contributed by atoms with Gasteiger partial charge in [0, 0.05) is 11.5 Å². The molecule has 2 aliphatic carbocycles. The van der Waals surface area contributed by atoms with Crippen LogP contribution in [0.3, 0.4) is 0 Å². The second-order valence-electron chi connectivity index (χ2n) is 7.57. The quantitative estimate of drug-likeness (QED) is 0.657. The normalized spacial score (nSPS) is 16.7. The van der Waals surface area contributed by atoms with Crippen molar-refractivity contribution in [1.82, 2.24) is 0 Å². The summed E-state index contributed by atoms with van der Waals surface area (Å²) >= 11 is 0. The number of Topliss-reactive ketones (excluding diaryl/α,β-unsaturated/α-hetero) is 1. The van der Waals surface area contributed by atoms with Crippen molar-refractivity contribution in [1.29, 1.82) is 0 Å². The summed E-state index contributed by atoms with van der Waals surface area (Å²) in [5.74, 6) is 0.900. The van der Waals surface area contributed by atoms with Gasteiger partial charge in [-0.1, -0.05) is 48.6 Å². The first-order valence-corrected chi connectivity index (χ1v) is 9.85. The van der Waals surface area contributed by atoms with Crippen LogP contribution in [0.15, 0.2) is 60.7 Å². The van der Waals surface area contributed by atoms with E-state index >= 15 is 0 Å². The van der Waals surface area contributed by atoms with Gasteiger partial charge in [0.1, 0.15) is 5.75 Å². The number of aryl methyl sites for hydroxylation is 1. The Morgan fingerprint density at radius 1 is 0.893 bits per heavy atom. The fraction of sp³-hybridized carbons (Fsp3) is 0.192. The van der Waals surface area contributed by atoms with Gasteiger partial charge in [0.15, 0.2) is 5.78 Å². The van der Waals surface area contributed by atoms with Crippen molar-refractivity contribution >= 4 is 17.9 Å². The molecule has 28 heavy (non-hydrogen) atoms. The van der Waals surface area contributed by atoms with Crippen molar-refractivity contribution in [3.63, 3.8) is 0 Å². The first-order chi connectivity index (χ1) is 13.7. The highest BCUT2D eigenvalue weighted by Crippen LogP contribution is 2.26. The van der Waals surface area contributed by atoms with E-state index in [0.717, 1.165) is 30.6 Å². The average Bonchev–Trinajstić information content (AvgIpc) is 2.77. The topological polar surface area (TPSA) is 26.3 Å². The zero-order chi connectivity index (χ0) is 19.1. The van der Waals surface area contributed by atoms with Crippen molar-refractivity contribution in [2.75, 3.05) is 7.11 Å². The van der Waals surface area contributed by atoms with Crippen molar-refractivity contribution in [3.8, 4) is 16.9 Å². The first kappa shape index (κ1) is 17.0. The van der Waals surface area contributed by atoms with Crippen LogP contribution in [0.25, 0.3) is 23.3 Å². The zero-order valence-electron chi connectivity index (χ0n) is 15.9. The summed E-state index contributed by atoms with van der Waals surface area (Å²) < 4.78 is 5.21. The number of ketones is 1. The number of rotatable bonds is 3. The molecule has 0 saturated carbocycles. The lowest BCUT2D eigenvalue weighted by Crippen LogP contribution is -2.37. The van der Waals surface area contributed by atoms with Gasteiger partial charge in [0.05, 0.1) is 7.11 Å². The van der Waals surface area contributed by atoms with Crippen LogP contribution < -0.4 is 15.2 Å². The molecule has 5 rings (SSSR count). The Morgan fingerprint density at radius 3 is 2.54 bits per heavy atom. The van der Waals surface area contributed by atoms with Crippen LogP contribution in [0.4, 0.5) is 0 Å². The van der Waals surface area contributed by atoms with E-state index in [9.17, 15) is 4.79 Å². The molecule has 0 N–H and O–H groups in total. The fourth-order valence-corrected chi connectivity index (χ4v) is 4.50. The van der Waals surface area contributed by atoms with Crippen LogP contribution in [-0.2, 0) is 12.8 Å². The molecule has 1 atom stereocenters. The molecule has 0 amide bonds. The maximum atomic E-state index is 13.1. The predicted octanol–water partition coefficient (Wildman–Crippen LogP) is 3.92. The molecule has 0 aliphatic heterocycles. The molecule has 2 heteroatoms. The monoisotopic (exact) mass is 366 g/mol. The summed E-state index contributed by atoms with van der Waals surface area (Å²) in [7, 11) is 1.64. The highest BCUT2D eigenvalue weighted by atomic mass is 16.5. The van der Waals surface area contributed by atoms with Crippen LogP contribution in [0.5, 0.6) is 5.75 Å². The second-order valence-corrected chi connectivity index (χ2v) is 7.57. The molecule has 3 aromatic carbocycles. The van der Waals surface area contributed by atoms with Crippen LogP contribution in [0.1, 0.15) is 27.9 Å². The Hall–Kier alpha value is -3.13. The van der Waals surface area contributed by atoms with E-state index in [4.69, 9.17) is 4.74 Å². The van der Waals surface area contributed by atoms with Gasteiger partial charge < -0.3 is 4.74 Å². The Labute approximate surface area is 164 Å². The summed E-state index contributed by atoms with van der Waals surface area (Å²) in [6, 6.07) is 20.6. The lowest BCUT2D eigenvalue weighted by atomic mass is 9.82. The van der Waals surface area contributed by atoms with Gasteiger partial charge in [-0.05, 0) is 76.2 Å². The second kappa shape index (κ2) is 6.79.